The zero-order valence-electron chi connectivity index (χ0n) is 8.68. The minimum atomic E-state index is 0.461. The van der Waals surface area contributed by atoms with Crippen molar-refractivity contribution >= 4 is 12.2 Å². The van der Waals surface area contributed by atoms with E-state index in [0.717, 1.165) is 15.9 Å². The van der Waals surface area contributed by atoms with Crippen LogP contribution < -0.4 is 0 Å². The van der Waals surface area contributed by atoms with E-state index in [2.05, 4.69) is 11.2 Å². The highest BCUT2D eigenvalue weighted by Gasteiger charge is 2.01. The van der Waals surface area contributed by atoms with E-state index in [0.29, 0.717) is 13.0 Å². The lowest BCUT2D eigenvalue weighted by Crippen LogP contribution is -1.99. The molecule has 0 amide bonds. The molecule has 0 aliphatic rings. The molecule has 0 unspecified atom stereocenters. The van der Waals surface area contributed by atoms with Gasteiger partial charge in [0.05, 0.1) is 24.7 Å². The van der Waals surface area contributed by atoms with Gasteiger partial charge in [-0.2, -0.15) is 5.26 Å². The largest absolute Gasteiger partial charge is 0.297 e. The van der Waals surface area contributed by atoms with E-state index in [9.17, 15) is 0 Å². The fraction of sp³-hybridized carbons (Fsp3) is 0.167. The van der Waals surface area contributed by atoms with Gasteiger partial charge in [0.1, 0.15) is 4.64 Å². The van der Waals surface area contributed by atoms with Crippen LogP contribution in [0.15, 0.2) is 36.4 Å². The summed E-state index contributed by atoms with van der Waals surface area (Å²) in [6.45, 7) is 0.613. The lowest BCUT2D eigenvalue weighted by Gasteiger charge is -1.99. The van der Waals surface area contributed by atoms with Crippen molar-refractivity contribution in [1.29, 1.82) is 5.26 Å². The molecular weight excluding hydrogens is 218 g/mol. The number of benzene rings is 1. The molecule has 2 rings (SSSR count). The normalized spacial score (nSPS) is 9.94. The summed E-state index contributed by atoms with van der Waals surface area (Å²) < 4.78 is 2.55. The summed E-state index contributed by atoms with van der Waals surface area (Å²) in [5.41, 5.74) is 2.09. The molecular formula is C12H11N3S. The number of rotatable bonds is 3. The van der Waals surface area contributed by atoms with Crippen molar-refractivity contribution < 1.29 is 0 Å². The highest BCUT2D eigenvalue weighted by molar-refractivity contribution is 7.71. The van der Waals surface area contributed by atoms with E-state index in [1.807, 2.05) is 41.1 Å². The Hall–Kier alpha value is -1.86. The summed E-state index contributed by atoms with van der Waals surface area (Å²) in [4.78, 5) is 0. The van der Waals surface area contributed by atoms with Gasteiger partial charge in [-0.25, -0.2) is 0 Å². The second-order valence-corrected chi connectivity index (χ2v) is 3.85. The van der Waals surface area contributed by atoms with Gasteiger partial charge >= 0.3 is 0 Å². The predicted molar refractivity (Wildman–Crippen MR) is 65.3 cm³/mol. The Morgan fingerprint density at radius 3 is 2.75 bits per heavy atom. The standard InChI is InChI=1S/C12H11N3S/c13-7-4-8-15-12(16)9-11(14-15)10-5-2-1-3-6-10/h1-3,5-6,9,14H,4,8H2. The summed E-state index contributed by atoms with van der Waals surface area (Å²) in [7, 11) is 0. The molecule has 2 aromatic rings. The average Bonchev–Trinajstić information content (AvgIpc) is 2.69. The number of nitriles is 1. The highest BCUT2D eigenvalue weighted by Crippen LogP contribution is 2.16. The summed E-state index contributed by atoms with van der Waals surface area (Å²) in [5, 5.41) is 11.7. The van der Waals surface area contributed by atoms with E-state index >= 15 is 0 Å². The van der Waals surface area contributed by atoms with Gasteiger partial charge in [-0.1, -0.05) is 42.5 Å². The van der Waals surface area contributed by atoms with Crippen LogP contribution in [0.3, 0.4) is 0 Å². The summed E-state index contributed by atoms with van der Waals surface area (Å²) in [6.07, 6.45) is 0.461. The van der Waals surface area contributed by atoms with Crippen molar-refractivity contribution in [3.63, 3.8) is 0 Å². The number of hydrogen-bond acceptors (Lipinski definition) is 2. The molecule has 0 spiro atoms. The van der Waals surface area contributed by atoms with Crippen LogP contribution >= 0.6 is 12.2 Å². The number of H-pyrrole nitrogens is 1. The zero-order valence-corrected chi connectivity index (χ0v) is 9.50. The van der Waals surface area contributed by atoms with Crippen LogP contribution in [0, 0.1) is 16.0 Å². The van der Waals surface area contributed by atoms with Crippen LogP contribution in [0.25, 0.3) is 11.3 Å². The van der Waals surface area contributed by atoms with Gasteiger partial charge in [0, 0.05) is 0 Å². The first-order valence-corrected chi connectivity index (χ1v) is 5.44. The molecule has 3 nitrogen and oxygen atoms in total. The fourth-order valence-electron chi connectivity index (χ4n) is 1.53. The van der Waals surface area contributed by atoms with Gasteiger partial charge < -0.3 is 0 Å². The van der Waals surface area contributed by atoms with Crippen LogP contribution in [0.1, 0.15) is 6.42 Å². The van der Waals surface area contributed by atoms with Crippen LogP contribution in [-0.2, 0) is 6.54 Å². The third-order valence-corrected chi connectivity index (χ3v) is 2.66. The molecule has 1 aromatic heterocycles. The maximum Gasteiger partial charge on any atom is 0.122 e. The Balaban J connectivity index is 2.32. The molecule has 1 aromatic carbocycles. The van der Waals surface area contributed by atoms with Crippen molar-refractivity contribution in [3.05, 3.63) is 41.0 Å². The molecule has 0 saturated carbocycles. The Morgan fingerprint density at radius 2 is 2.06 bits per heavy atom. The maximum atomic E-state index is 8.53. The number of aryl methyl sites for hydroxylation is 1. The number of nitrogens with one attached hydrogen (secondary N) is 1. The summed E-state index contributed by atoms with van der Waals surface area (Å²) in [5.74, 6) is 0. The number of aromatic amines is 1. The lowest BCUT2D eigenvalue weighted by molar-refractivity contribution is 0.622. The minimum Gasteiger partial charge on any atom is -0.297 e. The van der Waals surface area contributed by atoms with Gasteiger partial charge in [-0.3, -0.25) is 9.78 Å². The Labute approximate surface area is 98.9 Å². The number of hydrogen-bond donors (Lipinski definition) is 1. The molecule has 0 bridgehead atoms. The van der Waals surface area contributed by atoms with Gasteiger partial charge in [0.2, 0.25) is 0 Å². The van der Waals surface area contributed by atoms with Crippen LogP contribution in [0.5, 0.6) is 0 Å². The van der Waals surface area contributed by atoms with Gasteiger partial charge in [0.25, 0.3) is 0 Å². The molecule has 0 aliphatic carbocycles. The Kier molecular flexibility index (Phi) is 3.18. The molecule has 16 heavy (non-hydrogen) atoms. The summed E-state index contributed by atoms with van der Waals surface area (Å²) in [6, 6.07) is 14.0. The van der Waals surface area contributed by atoms with E-state index in [1.165, 1.54) is 0 Å². The SMILES string of the molecule is N#CCCn1[nH]c(-c2ccccc2)cc1=S. The van der Waals surface area contributed by atoms with E-state index in [-0.39, 0.29) is 0 Å². The Morgan fingerprint density at radius 1 is 1.31 bits per heavy atom. The quantitative estimate of drug-likeness (QED) is 0.822. The van der Waals surface area contributed by atoms with Gasteiger partial charge in [0.15, 0.2) is 0 Å². The van der Waals surface area contributed by atoms with Gasteiger partial charge in [-0.15, -0.1) is 0 Å². The second kappa shape index (κ2) is 4.77. The summed E-state index contributed by atoms with van der Waals surface area (Å²) >= 11 is 5.21. The first kappa shape index (κ1) is 10.7. The molecule has 0 fully saturated rings. The number of aromatic nitrogens is 2. The predicted octanol–water partition coefficient (Wildman–Crippen LogP) is 3.13. The molecule has 80 valence electrons. The topological polar surface area (TPSA) is 44.5 Å². The monoisotopic (exact) mass is 229 g/mol. The molecule has 0 radical (unpaired) electrons. The first-order valence-electron chi connectivity index (χ1n) is 5.03. The fourth-order valence-corrected chi connectivity index (χ4v) is 1.78. The first-order chi connectivity index (χ1) is 7.81. The van der Waals surface area contributed by atoms with E-state index in [1.54, 1.807) is 0 Å². The van der Waals surface area contributed by atoms with Crippen LogP contribution in [-0.4, -0.2) is 9.78 Å². The molecule has 4 heteroatoms. The van der Waals surface area contributed by atoms with Crippen molar-refractivity contribution in [2.24, 2.45) is 0 Å². The van der Waals surface area contributed by atoms with Crippen molar-refractivity contribution in [2.45, 2.75) is 13.0 Å². The highest BCUT2D eigenvalue weighted by atomic mass is 32.1. The Bertz CT molecular complexity index is 560. The molecule has 0 atom stereocenters. The minimum absolute atomic E-state index is 0.461. The lowest BCUT2D eigenvalue weighted by atomic mass is 10.2. The maximum absolute atomic E-state index is 8.53. The van der Waals surface area contributed by atoms with Crippen molar-refractivity contribution in [1.82, 2.24) is 9.78 Å². The molecule has 1 N–H and O–H groups in total. The van der Waals surface area contributed by atoms with Crippen LogP contribution in [0.2, 0.25) is 0 Å². The zero-order chi connectivity index (χ0) is 11.4. The van der Waals surface area contributed by atoms with Gasteiger partial charge in [-0.05, 0) is 11.6 Å². The van der Waals surface area contributed by atoms with Crippen molar-refractivity contribution in [3.8, 4) is 17.3 Å². The van der Waals surface area contributed by atoms with E-state index < -0.39 is 0 Å². The van der Waals surface area contributed by atoms with Crippen LogP contribution in [0.4, 0.5) is 0 Å². The van der Waals surface area contributed by atoms with E-state index in [4.69, 9.17) is 17.5 Å². The molecule has 0 aliphatic heterocycles. The van der Waals surface area contributed by atoms with Crippen molar-refractivity contribution in [2.75, 3.05) is 0 Å². The average molecular weight is 229 g/mol. The third kappa shape index (κ3) is 2.20. The third-order valence-electron chi connectivity index (χ3n) is 2.32. The second-order valence-electron chi connectivity index (χ2n) is 3.43. The molecule has 0 saturated heterocycles. The smallest absolute Gasteiger partial charge is 0.122 e. The number of nitrogens with zero attached hydrogens (tertiary/aromatic N) is 2. The molecule has 1 heterocycles.